The van der Waals surface area contributed by atoms with Crippen LogP contribution in [0.5, 0.6) is 0 Å². The molecule has 8 heteroatoms. The number of carbonyl (C=O) groups is 1. The maximum absolute atomic E-state index is 11.6. The van der Waals surface area contributed by atoms with Crippen molar-refractivity contribution >= 4 is 22.4 Å². The van der Waals surface area contributed by atoms with Gasteiger partial charge in [-0.3, -0.25) is 4.79 Å². The maximum Gasteiger partial charge on any atom is 0.223 e. The summed E-state index contributed by atoms with van der Waals surface area (Å²) >= 11 is 1.52. The Bertz CT molecular complexity index is 1200. The van der Waals surface area contributed by atoms with Gasteiger partial charge in [0.25, 0.3) is 0 Å². The molecule has 1 amide bonds. The number of hydrogen-bond donors (Lipinski definition) is 1. The number of rotatable bonds is 3. The van der Waals surface area contributed by atoms with Gasteiger partial charge in [-0.05, 0) is 31.4 Å². The molecule has 0 spiro atoms. The molecular weight excluding hydrogens is 384 g/mol. The Morgan fingerprint density at radius 1 is 1.21 bits per heavy atom. The van der Waals surface area contributed by atoms with Crippen molar-refractivity contribution in [1.82, 2.24) is 24.3 Å². The average Bonchev–Trinajstić information content (AvgIpc) is 3.36. The van der Waals surface area contributed by atoms with Crippen molar-refractivity contribution in [3.05, 3.63) is 54.1 Å². The van der Waals surface area contributed by atoms with E-state index in [-0.39, 0.29) is 5.91 Å². The molecule has 5 rings (SSSR count). The Hall–Kier alpha value is -3.26. The van der Waals surface area contributed by atoms with Crippen molar-refractivity contribution in [3.63, 3.8) is 0 Å². The van der Waals surface area contributed by atoms with Gasteiger partial charge in [-0.2, -0.15) is 5.10 Å². The fourth-order valence-electron chi connectivity index (χ4n) is 3.81. The molecule has 1 aliphatic rings. The van der Waals surface area contributed by atoms with Crippen molar-refractivity contribution in [2.24, 2.45) is 7.05 Å². The number of para-hydroxylation sites is 1. The van der Waals surface area contributed by atoms with Crippen molar-refractivity contribution in [1.29, 1.82) is 0 Å². The first-order valence-corrected chi connectivity index (χ1v) is 10.3. The molecule has 0 radical (unpaired) electrons. The zero-order chi connectivity index (χ0) is 20.0. The second kappa shape index (κ2) is 6.97. The summed E-state index contributed by atoms with van der Waals surface area (Å²) in [6, 6.07) is 10.1. The van der Waals surface area contributed by atoms with Crippen LogP contribution >= 0.6 is 11.3 Å². The van der Waals surface area contributed by atoms with Gasteiger partial charge in [-0.1, -0.05) is 29.5 Å². The minimum absolute atomic E-state index is 0.110. The zero-order valence-electron chi connectivity index (χ0n) is 16.2. The topological polar surface area (TPSA) is 77.6 Å². The number of nitrogens with zero attached hydrogens (tertiary/aromatic N) is 5. The van der Waals surface area contributed by atoms with E-state index >= 15 is 0 Å². The van der Waals surface area contributed by atoms with Gasteiger partial charge in [-0.15, -0.1) is 0 Å². The molecule has 0 fully saturated rings. The van der Waals surface area contributed by atoms with E-state index in [9.17, 15) is 4.79 Å². The number of carbonyl (C=O) groups excluding carboxylic acids is 1. The minimum atomic E-state index is -0.110. The number of hydrogen-bond acceptors (Lipinski definition) is 5. The highest BCUT2D eigenvalue weighted by molar-refractivity contribution is 7.19. The highest BCUT2D eigenvalue weighted by atomic mass is 32.1. The van der Waals surface area contributed by atoms with Crippen molar-refractivity contribution in [3.8, 4) is 27.6 Å². The molecule has 0 saturated carbocycles. The second-order valence-corrected chi connectivity index (χ2v) is 8.14. The van der Waals surface area contributed by atoms with Crippen molar-refractivity contribution < 1.29 is 4.79 Å². The number of aryl methyl sites for hydroxylation is 2. The summed E-state index contributed by atoms with van der Waals surface area (Å²) in [5, 5.41) is 8.50. The zero-order valence-corrected chi connectivity index (χ0v) is 17.0. The number of amides is 1. The summed E-state index contributed by atoms with van der Waals surface area (Å²) in [6.07, 6.45) is 6.43. The maximum atomic E-state index is 11.6. The Kier molecular flexibility index (Phi) is 4.28. The van der Waals surface area contributed by atoms with Crippen LogP contribution in [0.4, 0.5) is 5.13 Å². The molecule has 1 aliphatic carbocycles. The van der Waals surface area contributed by atoms with Gasteiger partial charge in [0, 0.05) is 19.5 Å². The van der Waals surface area contributed by atoms with E-state index in [1.54, 1.807) is 6.33 Å². The summed E-state index contributed by atoms with van der Waals surface area (Å²) < 4.78 is 4.01. The molecule has 0 aliphatic heterocycles. The molecule has 7 nitrogen and oxygen atoms in total. The van der Waals surface area contributed by atoms with Gasteiger partial charge in [0.15, 0.2) is 5.13 Å². The third-order valence-electron chi connectivity index (χ3n) is 5.08. The summed E-state index contributed by atoms with van der Waals surface area (Å²) in [5.74, 6) is -0.110. The fraction of sp³-hybridized carbons (Fsp3) is 0.238. The number of imidazole rings is 1. The third kappa shape index (κ3) is 3.05. The summed E-state index contributed by atoms with van der Waals surface area (Å²) in [7, 11) is 1.99. The first-order valence-electron chi connectivity index (χ1n) is 9.53. The van der Waals surface area contributed by atoms with Gasteiger partial charge >= 0.3 is 0 Å². The van der Waals surface area contributed by atoms with Crippen LogP contribution in [-0.4, -0.2) is 30.2 Å². The molecule has 3 aromatic heterocycles. The van der Waals surface area contributed by atoms with E-state index in [0.717, 1.165) is 52.6 Å². The SMILES string of the molecule is CC(=O)Nc1nc2c(s1)-c1c(c(-c3cncn3C)nn1-c1ccccc1)CCC2. The molecule has 3 heterocycles. The van der Waals surface area contributed by atoms with Crippen molar-refractivity contribution in [2.75, 3.05) is 5.32 Å². The van der Waals surface area contributed by atoms with Gasteiger partial charge in [-0.25, -0.2) is 14.6 Å². The van der Waals surface area contributed by atoms with E-state index < -0.39 is 0 Å². The number of fused-ring (bicyclic) bond motifs is 3. The molecule has 0 bridgehead atoms. The lowest BCUT2D eigenvalue weighted by molar-refractivity contribution is -0.114. The van der Waals surface area contributed by atoms with Crippen LogP contribution in [0, 0.1) is 0 Å². The lowest BCUT2D eigenvalue weighted by Crippen LogP contribution is -2.05. The molecule has 1 N–H and O–H groups in total. The molecule has 146 valence electrons. The third-order valence-corrected chi connectivity index (χ3v) is 6.10. The van der Waals surface area contributed by atoms with Gasteiger partial charge in [0.2, 0.25) is 5.91 Å². The number of aromatic nitrogens is 5. The van der Waals surface area contributed by atoms with Crippen LogP contribution in [0.1, 0.15) is 24.6 Å². The Morgan fingerprint density at radius 3 is 2.76 bits per heavy atom. The molecular formula is C21H20N6OS. The van der Waals surface area contributed by atoms with Crippen molar-refractivity contribution in [2.45, 2.75) is 26.2 Å². The number of nitrogens with one attached hydrogen (secondary N) is 1. The number of benzene rings is 1. The van der Waals surface area contributed by atoms with E-state index in [2.05, 4.69) is 22.4 Å². The largest absolute Gasteiger partial charge is 0.332 e. The van der Waals surface area contributed by atoms with E-state index in [1.165, 1.54) is 23.8 Å². The lowest BCUT2D eigenvalue weighted by atomic mass is 10.1. The Labute approximate surface area is 172 Å². The predicted octanol–water partition coefficient (Wildman–Crippen LogP) is 3.84. The normalized spacial score (nSPS) is 12.9. The van der Waals surface area contributed by atoms with Gasteiger partial charge < -0.3 is 9.88 Å². The molecule has 29 heavy (non-hydrogen) atoms. The Balaban J connectivity index is 1.78. The van der Waals surface area contributed by atoms with Gasteiger partial charge in [0.1, 0.15) is 5.69 Å². The standard InChI is InChI=1S/C21H20N6OS/c1-13(28)23-21-24-16-10-6-9-15-18(17-11-22-12-26(17)2)25-27(19(15)20(16)29-21)14-7-4-3-5-8-14/h3-5,7-8,11-12H,6,9-10H2,1-2H3,(H,23,24,28). The van der Waals surface area contributed by atoms with Crippen LogP contribution in [0.2, 0.25) is 0 Å². The highest BCUT2D eigenvalue weighted by Crippen LogP contribution is 2.43. The average molecular weight is 404 g/mol. The minimum Gasteiger partial charge on any atom is -0.332 e. The summed E-state index contributed by atoms with van der Waals surface area (Å²) in [5.41, 5.74) is 6.23. The lowest BCUT2D eigenvalue weighted by Gasteiger charge is -2.07. The highest BCUT2D eigenvalue weighted by Gasteiger charge is 2.29. The first-order chi connectivity index (χ1) is 14.1. The number of anilines is 1. The molecule has 0 unspecified atom stereocenters. The van der Waals surface area contributed by atoms with Gasteiger partial charge in [0.05, 0.1) is 40.2 Å². The van der Waals surface area contributed by atoms with E-state index in [0.29, 0.717) is 5.13 Å². The van der Waals surface area contributed by atoms with Crippen LogP contribution in [0.3, 0.4) is 0 Å². The molecule has 4 aromatic rings. The fourth-order valence-corrected chi connectivity index (χ4v) is 4.93. The molecule has 1 aromatic carbocycles. The van der Waals surface area contributed by atoms with Crippen LogP contribution in [-0.2, 0) is 24.7 Å². The Morgan fingerprint density at radius 2 is 2.03 bits per heavy atom. The number of thiazole rings is 1. The summed E-state index contributed by atoms with van der Waals surface area (Å²) in [6.45, 7) is 1.51. The summed E-state index contributed by atoms with van der Waals surface area (Å²) in [4.78, 5) is 21.6. The molecule has 0 atom stereocenters. The predicted molar refractivity (Wildman–Crippen MR) is 113 cm³/mol. The van der Waals surface area contributed by atoms with E-state index in [4.69, 9.17) is 10.1 Å². The quantitative estimate of drug-likeness (QED) is 0.563. The molecule has 0 saturated heterocycles. The van der Waals surface area contributed by atoms with Crippen LogP contribution in [0.15, 0.2) is 42.9 Å². The monoisotopic (exact) mass is 404 g/mol. The smallest absolute Gasteiger partial charge is 0.223 e. The first kappa shape index (κ1) is 17.8. The van der Waals surface area contributed by atoms with E-state index in [1.807, 2.05) is 40.7 Å². The second-order valence-electron chi connectivity index (χ2n) is 7.14. The van der Waals surface area contributed by atoms with Crippen LogP contribution in [0.25, 0.3) is 27.6 Å². The van der Waals surface area contributed by atoms with Crippen LogP contribution < -0.4 is 5.32 Å².